The summed E-state index contributed by atoms with van der Waals surface area (Å²) >= 11 is 0. The Kier molecular flexibility index (Phi) is 12.9. The van der Waals surface area contributed by atoms with Crippen LogP contribution in [0.5, 0.6) is 0 Å². The SMILES string of the molecule is CCc1cc2ncc(CN3CCN(c4ccc(C(=O)NS(=O)(=O)c5cnn(CCNC(=O)[C@H](NC(=O)OC(C)(C)C)C6CCCCC6)c5)nc4)CC3)cc2[nH]c1=O. The first-order valence-electron chi connectivity index (χ1n) is 19.5. The van der Waals surface area contributed by atoms with Crippen molar-refractivity contribution in [2.24, 2.45) is 5.92 Å². The molecule has 3 amide bonds. The molecule has 4 aromatic rings. The summed E-state index contributed by atoms with van der Waals surface area (Å²) in [4.78, 5) is 67.0. The maximum Gasteiger partial charge on any atom is 0.408 e. The maximum absolute atomic E-state index is 13.2. The number of carbonyl (C=O) groups excluding carboxylic acids is 3. The Bertz CT molecular complexity index is 2220. The number of hydrogen-bond acceptors (Lipinski definition) is 12. The van der Waals surface area contributed by atoms with E-state index in [1.807, 2.05) is 25.3 Å². The first-order chi connectivity index (χ1) is 27.2. The predicted molar refractivity (Wildman–Crippen MR) is 213 cm³/mol. The fourth-order valence-electron chi connectivity index (χ4n) is 7.19. The van der Waals surface area contributed by atoms with Crippen molar-refractivity contribution in [1.29, 1.82) is 0 Å². The highest BCUT2D eigenvalue weighted by molar-refractivity contribution is 7.90. The monoisotopic (exact) mass is 804 g/mol. The third-order valence-corrected chi connectivity index (χ3v) is 11.5. The maximum atomic E-state index is 13.2. The number of nitrogens with one attached hydrogen (secondary N) is 4. The molecule has 1 aliphatic carbocycles. The van der Waals surface area contributed by atoms with Crippen LogP contribution < -0.4 is 25.8 Å². The van der Waals surface area contributed by atoms with Crippen molar-refractivity contribution in [2.75, 3.05) is 37.6 Å². The number of aromatic nitrogens is 5. The van der Waals surface area contributed by atoms with Crippen molar-refractivity contribution in [3.05, 3.63) is 76.2 Å². The summed E-state index contributed by atoms with van der Waals surface area (Å²) in [6.45, 7) is 11.2. The van der Waals surface area contributed by atoms with Gasteiger partial charge in [-0.2, -0.15) is 5.10 Å². The molecule has 0 unspecified atom stereocenters. The molecule has 0 spiro atoms. The molecule has 2 aliphatic rings. The molecule has 17 nitrogen and oxygen atoms in total. The van der Waals surface area contributed by atoms with E-state index < -0.39 is 33.7 Å². The van der Waals surface area contributed by atoms with E-state index in [0.29, 0.717) is 18.5 Å². The minimum atomic E-state index is -4.27. The number of nitrogens with zero attached hydrogens (tertiary/aromatic N) is 6. The first kappa shape index (κ1) is 41.3. The van der Waals surface area contributed by atoms with Crippen LogP contribution in [0.1, 0.15) is 81.4 Å². The molecule has 2 fully saturated rings. The molecule has 0 bridgehead atoms. The number of H-pyrrole nitrogens is 1. The smallest absolute Gasteiger partial charge is 0.408 e. The van der Waals surface area contributed by atoms with Crippen LogP contribution in [0, 0.1) is 5.92 Å². The van der Waals surface area contributed by atoms with Gasteiger partial charge in [-0.05, 0) is 75.8 Å². The average Bonchev–Trinajstić information content (AvgIpc) is 3.67. The Morgan fingerprint density at radius 1 is 1.00 bits per heavy atom. The van der Waals surface area contributed by atoms with Gasteiger partial charge in [-0.15, -0.1) is 0 Å². The van der Waals surface area contributed by atoms with Crippen LogP contribution in [0.25, 0.3) is 11.0 Å². The molecule has 1 saturated carbocycles. The van der Waals surface area contributed by atoms with Crippen LogP contribution in [0.4, 0.5) is 10.5 Å². The van der Waals surface area contributed by atoms with E-state index in [1.165, 1.54) is 16.9 Å². The highest BCUT2D eigenvalue weighted by Crippen LogP contribution is 2.27. The van der Waals surface area contributed by atoms with Gasteiger partial charge in [0.25, 0.3) is 21.5 Å². The molecule has 6 rings (SSSR count). The number of aromatic amines is 1. The number of anilines is 1. The van der Waals surface area contributed by atoms with E-state index in [4.69, 9.17) is 4.74 Å². The summed E-state index contributed by atoms with van der Waals surface area (Å²) in [6, 6.07) is 6.28. The fraction of sp³-hybridized carbons (Fsp3) is 0.513. The number of pyridine rings is 3. The summed E-state index contributed by atoms with van der Waals surface area (Å²) in [6.07, 6.45) is 10.5. The van der Waals surface area contributed by atoms with Gasteiger partial charge in [-0.25, -0.2) is 22.9 Å². The van der Waals surface area contributed by atoms with Gasteiger partial charge < -0.3 is 25.3 Å². The number of carbonyl (C=O) groups is 3. The standard InChI is InChI=1S/C39H52N10O7S/c1-5-27-20-32-33(44-35(27)50)19-26(21-41-32)24-47-15-17-48(18-16-47)29-11-12-31(42-22-29)36(51)46-57(54,55)30-23-43-49(25-30)14-13-40-37(52)34(28-9-7-6-8-10-28)45-38(53)56-39(2,3)4/h11-12,19-23,25,28,34H,5-10,13-18,24H2,1-4H3,(H,40,52)(H,44,50)(H,45,53)(H,46,51)/t34-/m1/s1. The Labute approximate surface area is 332 Å². The van der Waals surface area contributed by atoms with Crippen LogP contribution >= 0.6 is 0 Å². The number of rotatable bonds is 13. The third-order valence-electron chi connectivity index (χ3n) is 10.2. The van der Waals surface area contributed by atoms with Gasteiger partial charge in [0.2, 0.25) is 5.91 Å². The van der Waals surface area contributed by atoms with E-state index in [-0.39, 0.29) is 41.1 Å². The van der Waals surface area contributed by atoms with Crippen LogP contribution in [-0.2, 0) is 39.1 Å². The summed E-state index contributed by atoms with van der Waals surface area (Å²) in [7, 11) is -4.27. The van der Waals surface area contributed by atoms with E-state index in [9.17, 15) is 27.6 Å². The predicted octanol–water partition coefficient (Wildman–Crippen LogP) is 3.11. The van der Waals surface area contributed by atoms with E-state index >= 15 is 0 Å². The lowest BCUT2D eigenvalue weighted by molar-refractivity contribution is -0.124. The molecular weight excluding hydrogens is 753 g/mol. The van der Waals surface area contributed by atoms with Gasteiger partial charge in [0.15, 0.2) is 0 Å². The molecule has 57 heavy (non-hydrogen) atoms. The van der Waals surface area contributed by atoms with Gasteiger partial charge in [-0.3, -0.25) is 28.9 Å². The molecule has 1 atom stereocenters. The summed E-state index contributed by atoms with van der Waals surface area (Å²) in [5.41, 5.74) is 3.16. The van der Waals surface area contributed by atoms with Crippen LogP contribution in [0.2, 0.25) is 0 Å². The number of ether oxygens (including phenoxy) is 1. The highest BCUT2D eigenvalue weighted by atomic mass is 32.2. The molecule has 0 radical (unpaired) electrons. The number of aryl methyl sites for hydroxylation is 1. The zero-order valence-electron chi connectivity index (χ0n) is 32.9. The quantitative estimate of drug-likeness (QED) is 0.154. The van der Waals surface area contributed by atoms with Gasteiger partial charge in [-0.1, -0.05) is 26.2 Å². The van der Waals surface area contributed by atoms with Crippen molar-refractivity contribution in [3.8, 4) is 0 Å². The Morgan fingerprint density at radius 3 is 2.44 bits per heavy atom. The summed E-state index contributed by atoms with van der Waals surface area (Å²) in [5.74, 6) is -1.25. The number of sulfonamides is 1. The number of amides is 3. The molecule has 5 heterocycles. The summed E-state index contributed by atoms with van der Waals surface area (Å²) < 4.78 is 35.0. The topological polar surface area (TPSA) is 214 Å². The molecule has 1 saturated heterocycles. The minimum Gasteiger partial charge on any atom is -0.444 e. The Balaban J connectivity index is 0.968. The first-order valence-corrected chi connectivity index (χ1v) is 21.0. The van der Waals surface area contributed by atoms with Crippen LogP contribution in [0.3, 0.4) is 0 Å². The molecule has 4 N–H and O–H groups in total. The second kappa shape index (κ2) is 17.8. The highest BCUT2D eigenvalue weighted by Gasteiger charge is 2.32. The second-order valence-corrected chi connectivity index (χ2v) is 17.3. The minimum absolute atomic E-state index is 0.0198. The molecular formula is C39H52N10O7S. The van der Waals surface area contributed by atoms with Crippen molar-refractivity contribution in [1.82, 2.24) is 45.0 Å². The number of hydrogen-bond donors (Lipinski definition) is 4. The van der Waals surface area contributed by atoms with Crippen LogP contribution in [0.15, 0.2) is 58.7 Å². The van der Waals surface area contributed by atoms with Crippen molar-refractivity contribution in [3.63, 3.8) is 0 Å². The number of alkyl carbamates (subject to hydrolysis) is 1. The van der Waals surface area contributed by atoms with E-state index in [1.54, 1.807) is 33.0 Å². The number of fused-ring (bicyclic) bond motifs is 1. The lowest BCUT2D eigenvalue weighted by atomic mass is 9.83. The van der Waals surface area contributed by atoms with Gasteiger partial charge in [0, 0.05) is 57.2 Å². The number of piperazine rings is 1. The lowest BCUT2D eigenvalue weighted by Gasteiger charge is -2.36. The van der Waals surface area contributed by atoms with Crippen LogP contribution in [-0.4, -0.2) is 100 Å². The van der Waals surface area contributed by atoms with E-state index in [0.717, 1.165) is 86.8 Å². The molecule has 4 aromatic heterocycles. The fourth-order valence-corrected chi connectivity index (χ4v) is 8.10. The Hall–Kier alpha value is -5.36. The van der Waals surface area contributed by atoms with Crippen molar-refractivity contribution >= 4 is 44.7 Å². The third kappa shape index (κ3) is 10.9. The largest absolute Gasteiger partial charge is 0.444 e. The zero-order valence-corrected chi connectivity index (χ0v) is 33.7. The Morgan fingerprint density at radius 2 is 1.75 bits per heavy atom. The normalized spacial score (nSPS) is 16.2. The molecule has 18 heteroatoms. The van der Waals surface area contributed by atoms with E-state index in [2.05, 4.69) is 45.2 Å². The van der Waals surface area contributed by atoms with Gasteiger partial charge >= 0.3 is 6.09 Å². The second-order valence-electron chi connectivity index (χ2n) is 15.6. The molecule has 0 aromatic carbocycles. The lowest BCUT2D eigenvalue weighted by Crippen LogP contribution is -2.52. The van der Waals surface area contributed by atoms with Crippen molar-refractivity contribution in [2.45, 2.75) is 95.8 Å². The average molecular weight is 805 g/mol. The summed E-state index contributed by atoms with van der Waals surface area (Å²) in [5, 5.41) is 9.68. The zero-order chi connectivity index (χ0) is 40.7. The van der Waals surface area contributed by atoms with Crippen molar-refractivity contribution < 1.29 is 27.5 Å². The molecule has 306 valence electrons. The molecule has 1 aliphatic heterocycles. The van der Waals surface area contributed by atoms with Gasteiger partial charge in [0.05, 0.1) is 35.7 Å². The van der Waals surface area contributed by atoms with Gasteiger partial charge in [0.1, 0.15) is 22.2 Å².